The fourth-order valence-electron chi connectivity index (χ4n) is 1.44. The van der Waals surface area contributed by atoms with Crippen molar-refractivity contribution in [3.8, 4) is 0 Å². The lowest BCUT2D eigenvalue weighted by atomic mass is 10.3. The van der Waals surface area contributed by atoms with E-state index in [2.05, 4.69) is 26.7 Å². The molecule has 84 valence electrons. The molecule has 2 aromatic rings. The van der Waals surface area contributed by atoms with Crippen LogP contribution in [0.25, 0.3) is 0 Å². The van der Waals surface area contributed by atoms with Gasteiger partial charge in [-0.2, -0.15) is 0 Å². The topological polar surface area (TPSA) is 37.8 Å². The maximum absolute atomic E-state index is 4.40. The molecular formula is C12H15N3S. The van der Waals surface area contributed by atoms with E-state index in [1.165, 1.54) is 0 Å². The van der Waals surface area contributed by atoms with Gasteiger partial charge in [-0.15, -0.1) is 11.3 Å². The van der Waals surface area contributed by atoms with E-state index in [0.29, 0.717) is 0 Å². The Hall–Kier alpha value is -1.26. The minimum Gasteiger partial charge on any atom is -0.310 e. The molecule has 3 nitrogen and oxygen atoms in total. The first-order valence-electron chi connectivity index (χ1n) is 5.36. The Balaban J connectivity index is 1.69. The number of nitrogens with zero attached hydrogens (tertiary/aromatic N) is 2. The van der Waals surface area contributed by atoms with Gasteiger partial charge < -0.3 is 5.32 Å². The van der Waals surface area contributed by atoms with E-state index in [1.54, 1.807) is 11.3 Å². The molecular weight excluding hydrogens is 218 g/mol. The molecule has 0 radical (unpaired) electrons. The number of pyridine rings is 1. The van der Waals surface area contributed by atoms with E-state index in [4.69, 9.17) is 0 Å². The zero-order valence-electron chi connectivity index (χ0n) is 9.31. The van der Waals surface area contributed by atoms with E-state index < -0.39 is 0 Å². The first-order valence-corrected chi connectivity index (χ1v) is 6.24. The number of hydrogen-bond acceptors (Lipinski definition) is 4. The summed E-state index contributed by atoms with van der Waals surface area (Å²) in [4.78, 5) is 8.67. The van der Waals surface area contributed by atoms with Crippen LogP contribution in [-0.2, 0) is 13.0 Å². The van der Waals surface area contributed by atoms with Crippen LogP contribution in [0.1, 0.15) is 16.4 Å². The van der Waals surface area contributed by atoms with E-state index >= 15 is 0 Å². The average Bonchev–Trinajstić information content (AvgIpc) is 2.72. The minimum atomic E-state index is 0.853. The molecule has 0 saturated heterocycles. The zero-order valence-corrected chi connectivity index (χ0v) is 10.1. The van der Waals surface area contributed by atoms with Crippen LogP contribution in [0.15, 0.2) is 29.8 Å². The van der Waals surface area contributed by atoms with Gasteiger partial charge in [0.15, 0.2) is 0 Å². The molecule has 0 saturated carbocycles. The number of aryl methyl sites for hydroxylation is 1. The zero-order chi connectivity index (χ0) is 11.2. The molecule has 0 aromatic carbocycles. The Morgan fingerprint density at radius 2 is 2.31 bits per heavy atom. The first-order chi connectivity index (χ1) is 7.84. The second kappa shape index (κ2) is 5.72. The molecule has 0 bridgehead atoms. The van der Waals surface area contributed by atoms with Gasteiger partial charge >= 0.3 is 0 Å². The van der Waals surface area contributed by atoms with Crippen LogP contribution in [0.4, 0.5) is 0 Å². The van der Waals surface area contributed by atoms with Gasteiger partial charge in [0.1, 0.15) is 5.01 Å². The summed E-state index contributed by atoms with van der Waals surface area (Å²) < 4.78 is 0. The maximum Gasteiger partial charge on any atom is 0.107 e. The van der Waals surface area contributed by atoms with Crippen molar-refractivity contribution in [2.24, 2.45) is 0 Å². The summed E-state index contributed by atoms with van der Waals surface area (Å²) in [6, 6.07) is 6.01. The van der Waals surface area contributed by atoms with Gasteiger partial charge in [0.05, 0.1) is 0 Å². The Morgan fingerprint density at radius 3 is 3.00 bits per heavy atom. The normalized spacial score (nSPS) is 10.6. The van der Waals surface area contributed by atoms with Crippen molar-refractivity contribution in [3.63, 3.8) is 0 Å². The molecule has 0 aliphatic heterocycles. The molecule has 0 atom stereocenters. The summed E-state index contributed by atoms with van der Waals surface area (Å²) in [6.45, 7) is 3.81. The van der Waals surface area contributed by atoms with Gasteiger partial charge in [-0.05, 0) is 19.1 Å². The number of rotatable bonds is 5. The molecule has 0 amide bonds. The molecule has 2 rings (SSSR count). The standard InChI is InChI=1S/C12H15N3S/c1-10-9-16-12(15-10)8-13-7-5-11-4-2-3-6-14-11/h2-4,6,9,13H,5,7-8H2,1H3. The molecule has 1 N–H and O–H groups in total. The van der Waals surface area contributed by atoms with E-state index in [-0.39, 0.29) is 0 Å². The Morgan fingerprint density at radius 1 is 1.38 bits per heavy atom. The third kappa shape index (κ3) is 3.40. The lowest BCUT2D eigenvalue weighted by Crippen LogP contribution is -2.16. The van der Waals surface area contributed by atoms with Gasteiger partial charge in [-0.1, -0.05) is 6.07 Å². The Labute approximate surface area is 99.6 Å². The van der Waals surface area contributed by atoms with Gasteiger partial charge in [-0.3, -0.25) is 4.98 Å². The van der Waals surface area contributed by atoms with Crippen molar-refractivity contribution in [1.82, 2.24) is 15.3 Å². The first kappa shape index (κ1) is 11.2. The van der Waals surface area contributed by atoms with Crippen molar-refractivity contribution >= 4 is 11.3 Å². The summed E-state index contributed by atoms with van der Waals surface area (Å²) in [6.07, 6.45) is 2.80. The van der Waals surface area contributed by atoms with Crippen LogP contribution in [0.5, 0.6) is 0 Å². The molecule has 4 heteroatoms. The van der Waals surface area contributed by atoms with E-state index in [1.807, 2.05) is 25.3 Å². The van der Waals surface area contributed by atoms with Crippen molar-refractivity contribution in [1.29, 1.82) is 0 Å². The van der Waals surface area contributed by atoms with Crippen molar-refractivity contribution < 1.29 is 0 Å². The Bertz CT molecular complexity index is 425. The number of aromatic nitrogens is 2. The van der Waals surface area contributed by atoms with Crippen molar-refractivity contribution in [2.45, 2.75) is 19.9 Å². The highest BCUT2D eigenvalue weighted by molar-refractivity contribution is 7.09. The molecule has 0 fully saturated rings. The summed E-state index contributed by atoms with van der Waals surface area (Å²) >= 11 is 1.71. The summed E-state index contributed by atoms with van der Waals surface area (Å²) in [5.41, 5.74) is 2.23. The highest BCUT2D eigenvalue weighted by Crippen LogP contribution is 2.07. The van der Waals surface area contributed by atoms with Crippen molar-refractivity contribution in [2.75, 3.05) is 6.54 Å². The third-order valence-corrected chi connectivity index (χ3v) is 3.19. The number of hydrogen-bond donors (Lipinski definition) is 1. The van der Waals surface area contributed by atoms with E-state index in [9.17, 15) is 0 Å². The van der Waals surface area contributed by atoms with Crippen LogP contribution in [-0.4, -0.2) is 16.5 Å². The number of nitrogens with one attached hydrogen (secondary N) is 1. The van der Waals surface area contributed by atoms with Crippen LogP contribution < -0.4 is 5.32 Å². The molecule has 0 aliphatic carbocycles. The largest absolute Gasteiger partial charge is 0.310 e. The Kier molecular flexibility index (Phi) is 4.02. The van der Waals surface area contributed by atoms with Gasteiger partial charge in [0, 0.05) is 42.5 Å². The third-order valence-electron chi connectivity index (χ3n) is 2.23. The predicted molar refractivity (Wildman–Crippen MR) is 66.5 cm³/mol. The quantitative estimate of drug-likeness (QED) is 0.804. The lowest BCUT2D eigenvalue weighted by Gasteiger charge is -2.01. The molecule has 2 aromatic heterocycles. The summed E-state index contributed by atoms with van der Waals surface area (Å²) in [5.74, 6) is 0. The second-order valence-corrected chi connectivity index (χ2v) is 4.57. The summed E-state index contributed by atoms with van der Waals surface area (Å²) in [5, 5.41) is 6.60. The van der Waals surface area contributed by atoms with Crippen LogP contribution >= 0.6 is 11.3 Å². The SMILES string of the molecule is Cc1csc(CNCCc2ccccn2)n1. The predicted octanol–water partition coefficient (Wildman–Crippen LogP) is 2.18. The summed E-state index contributed by atoms with van der Waals surface area (Å²) in [7, 11) is 0. The second-order valence-electron chi connectivity index (χ2n) is 3.63. The molecule has 16 heavy (non-hydrogen) atoms. The molecule has 0 unspecified atom stereocenters. The fourth-order valence-corrected chi connectivity index (χ4v) is 2.18. The van der Waals surface area contributed by atoms with Gasteiger partial charge in [0.2, 0.25) is 0 Å². The monoisotopic (exact) mass is 233 g/mol. The average molecular weight is 233 g/mol. The molecule has 2 heterocycles. The van der Waals surface area contributed by atoms with Crippen LogP contribution in [0, 0.1) is 6.92 Å². The minimum absolute atomic E-state index is 0.853. The molecule has 0 spiro atoms. The van der Waals surface area contributed by atoms with Crippen molar-refractivity contribution in [3.05, 3.63) is 46.2 Å². The van der Waals surface area contributed by atoms with Gasteiger partial charge in [0.25, 0.3) is 0 Å². The maximum atomic E-state index is 4.40. The lowest BCUT2D eigenvalue weighted by molar-refractivity contribution is 0.676. The van der Waals surface area contributed by atoms with Crippen LogP contribution in [0.2, 0.25) is 0 Å². The van der Waals surface area contributed by atoms with Gasteiger partial charge in [-0.25, -0.2) is 4.98 Å². The molecule has 0 aliphatic rings. The highest BCUT2D eigenvalue weighted by Gasteiger charge is 1.98. The van der Waals surface area contributed by atoms with Crippen LogP contribution in [0.3, 0.4) is 0 Å². The number of thiazole rings is 1. The van der Waals surface area contributed by atoms with E-state index in [0.717, 1.165) is 35.9 Å². The fraction of sp³-hybridized carbons (Fsp3) is 0.333. The highest BCUT2D eigenvalue weighted by atomic mass is 32.1. The smallest absolute Gasteiger partial charge is 0.107 e.